The van der Waals surface area contributed by atoms with Crippen LogP contribution >= 0.6 is 0 Å². The number of piperidine rings is 1. The van der Waals surface area contributed by atoms with Crippen LogP contribution in [0.1, 0.15) is 13.8 Å². The molecule has 3 aliphatic rings. The lowest BCUT2D eigenvalue weighted by atomic mass is 9.71. The Balaban J connectivity index is 2.27. The zero-order valence-corrected chi connectivity index (χ0v) is 7.62. The summed E-state index contributed by atoms with van der Waals surface area (Å²) < 4.78 is 0. The first-order valence-electron chi connectivity index (χ1n) is 4.58. The molecule has 0 radical (unpaired) electrons. The predicted molar refractivity (Wildman–Crippen MR) is 47.4 cm³/mol. The molecule has 0 aromatic rings. The number of rotatable bonds is 0. The second kappa shape index (κ2) is 2.34. The molecule has 11 heavy (non-hydrogen) atoms. The van der Waals surface area contributed by atoms with Crippen molar-refractivity contribution in [3.05, 3.63) is 12.2 Å². The van der Waals surface area contributed by atoms with Crippen molar-refractivity contribution in [1.29, 1.82) is 0 Å². The molecule has 4 unspecified atom stereocenters. The minimum absolute atomic E-state index is 0.718. The first kappa shape index (κ1) is 7.35. The fourth-order valence-corrected chi connectivity index (χ4v) is 2.54. The molecule has 0 spiro atoms. The molecule has 0 N–H and O–H groups in total. The first-order valence-corrected chi connectivity index (χ1v) is 4.58. The van der Waals surface area contributed by atoms with Crippen LogP contribution in [0.5, 0.6) is 0 Å². The first-order chi connectivity index (χ1) is 5.20. The summed E-state index contributed by atoms with van der Waals surface area (Å²) >= 11 is 0. The lowest BCUT2D eigenvalue weighted by molar-refractivity contribution is 0.0674. The Morgan fingerprint density at radius 3 is 2.36 bits per heavy atom. The van der Waals surface area contributed by atoms with Crippen LogP contribution in [0.15, 0.2) is 12.2 Å². The molecule has 1 nitrogen and oxygen atoms in total. The van der Waals surface area contributed by atoms with Gasteiger partial charge in [-0.1, -0.05) is 26.0 Å². The van der Waals surface area contributed by atoms with Crippen LogP contribution in [0.2, 0.25) is 0 Å². The van der Waals surface area contributed by atoms with Gasteiger partial charge in [0.2, 0.25) is 0 Å². The van der Waals surface area contributed by atoms with Crippen LogP contribution < -0.4 is 0 Å². The van der Waals surface area contributed by atoms with Gasteiger partial charge in [0.1, 0.15) is 0 Å². The molecule has 4 atom stereocenters. The summed E-state index contributed by atoms with van der Waals surface area (Å²) in [5.74, 6) is 2.56. The van der Waals surface area contributed by atoms with E-state index in [-0.39, 0.29) is 0 Å². The Labute approximate surface area is 69.1 Å². The normalized spacial score (nSPS) is 50.1. The molecule has 0 amide bonds. The second-order valence-corrected chi connectivity index (χ2v) is 4.20. The largest absolute Gasteiger partial charge is 0.299 e. The third kappa shape index (κ3) is 0.943. The van der Waals surface area contributed by atoms with Crippen LogP contribution in [-0.2, 0) is 0 Å². The summed E-state index contributed by atoms with van der Waals surface area (Å²) in [6.45, 7) is 6.03. The van der Waals surface area contributed by atoms with Gasteiger partial charge in [-0.25, -0.2) is 0 Å². The van der Waals surface area contributed by atoms with Gasteiger partial charge in [0.25, 0.3) is 0 Å². The van der Waals surface area contributed by atoms with Gasteiger partial charge in [-0.15, -0.1) is 0 Å². The minimum Gasteiger partial charge on any atom is -0.299 e. The fourth-order valence-electron chi connectivity index (χ4n) is 2.54. The Kier molecular flexibility index (Phi) is 1.57. The molecule has 2 aliphatic heterocycles. The van der Waals surface area contributed by atoms with E-state index in [1.165, 1.54) is 6.54 Å². The topological polar surface area (TPSA) is 3.24 Å². The van der Waals surface area contributed by atoms with Crippen molar-refractivity contribution in [1.82, 2.24) is 4.90 Å². The quantitative estimate of drug-likeness (QED) is 0.477. The Morgan fingerprint density at radius 2 is 1.91 bits per heavy atom. The highest BCUT2D eigenvalue weighted by molar-refractivity contribution is 5.12. The van der Waals surface area contributed by atoms with Crippen LogP contribution in [0, 0.1) is 17.8 Å². The molecular weight excluding hydrogens is 134 g/mol. The van der Waals surface area contributed by atoms with Crippen molar-refractivity contribution >= 4 is 0 Å². The Hall–Kier alpha value is -0.300. The van der Waals surface area contributed by atoms with Crippen molar-refractivity contribution in [2.45, 2.75) is 19.9 Å². The van der Waals surface area contributed by atoms with E-state index in [2.05, 4.69) is 37.9 Å². The summed E-state index contributed by atoms with van der Waals surface area (Å²) in [4.78, 5) is 2.48. The van der Waals surface area contributed by atoms with E-state index in [1.807, 2.05) is 0 Å². The summed E-state index contributed by atoms with van der Waals surface area (Å²) in [6.07, 6.45) is 4.80. The molecule has 3 rings (SSSR count). The SMILES string of the molecule is CC1C2C=CC(C1C)N(C)C2. The third-order valence-electron chi connectivity index (χ3n) is 3.61. The van der Waals surface area contributed by atoms with E-state index >= 15 is 0 Å². The second-order valence-electron chi connectivity index (χ2n) is 4.20. The summed E-state index contributed by atoms with van der Waals surface area (Å²) in [5, 5.41) is 0. The highest BCUT2D eigenvalue weighted by Gasteiger charge is 2.38. The van der Waals surface area contributed by atoms with Crippen molar-refractivity contribution in [3.63, 3.8) is 0 Å². The maximum atomic E-state index is 2.48. The maximum absolute atomic E-state index is 2.48. The number of likely N-dealkylation sites (N-methyl/N-ethyl adjacent to an activating group) is 1. The standard InChI is InChI=1S/C10H17N/c1-7-8(2)10-5-4-9(7)6-11(10)3/h4-5,7-10H,6H2,1-3H3. The molecule has 1 fully saturated rings. The van der Waals surface area contributed by atoms with Crippen LogP contribution in [-0.4, -0.2) is 24.5 Å². The molecule has 0 aromatic heterocycles. The Morgan fingerprint density at radius 1 is 1.18 bits per heavy atom. The summed E-state index contributed by atoms with van der Waals surface area (Å²) in [5.41, 5.74) is 0. The number of nitrogens with zero attached hydrogens (tertiary/aromatic N) is 1. The maximum Gasteiger partial charge on any atom is 0.0303 e. The van der Waals surface area contributed by atoms with Gasteiger partial charge in [0.15, 0.2) is 0 Å². The minimum atomic E-state index is 0.718. The van der Waals surface area contributed by atoms with E-state index in [0.717, 1.165) is 23.8 Å². The molecule has 0 saturated carbocycles. The zero-order valence-electron chi connectivity index (χ0n) is 7.62. The summed E-state index contributed by atoms with van der Waals surface area (Å²) in [6, 6.07) is 0.718. The van der Waals surface area contributed by atoms with Crippen LogP contribution in [0.3, 0.4) is 0 Å². The Bertz CT molecular complexity index is 185. The fraction of sp³-hybridized carbons (Fsp3) is 0.800. The molecule has 2 bridgehead atoms. The van der Waals surface area contributed by atoms with Gasteiger partial charge in [-0.3, -0.25) is 4.90 Å². The highest BCUT2D eigenvalue weighted by atomic mass is 15.1. The van der Waals surface area contributed by atoms with Gasteiger partial charge < -0.3 is 0 Å². The molecule has 1 saturated heterocycles. The molecular formula is C10H17N. The van der Waals surface area contributed by atoms with E-state index in [9.17, 15) is 0 Å². The number of fused-ring (bicyclic) bond motifs is 2. The highest BCUT2D eigenvalue weighted by Crippen LogP contribution is 2.37. The average Bonchev–Trinajstić information content (AvgIpc) is 1.99. The van der Waals surface area contributed by atoms with Gasteiger partial charge >= 0.3 is 0 Å². The lowest BCUT2D eigenvalue weighted by Gasteiger charge is -2.47. The summed E-state index contributed by atoms with van der Waals surface area (Å²) in [7, 11) is 2.24. The van der Waals surface area contributed by atoms with Gasteiger partial charge in [0, 0.05) is 12.6 Å². The van der Waals surface area contributed by atoms with Crippen LogP contribution in [0.4, 0.5) is 0 Å². The molecule has 1 heteroatoms. The van der Waals surface area contributed by atoms with E-state index in [1.54, 1.807) is 0 Å². The smallest absolute Gasteiger partial charge is 0.0303 e. The monoisotopic (exact) mass is 151 g/mol. The van der Waals surface area contributed by atoms with Crippen molar-refractivity contribution in [3.8, 4) is 0 Å². The van der Waals surface area contributed by atoms with E-state index < -0.39 is 0 Å². The van der Waals surface area contributed by atoms with Crippen molar-refractivity contribution in [2.75, 3.05) is 13.6 Å². The molecule has 1 aliphatic carbocycles. The van der Waals surface area contributed by atoms with Crippen molar-refractivity contribution in [2.24, 2.45) is 17.8 Å². The lowest BCUT2D eigenvalue weighted by Crippen LogP contribution is -2.51. The van der Waals surface area contributed by atoms with E-state index in [4.69, 9.17) is 0 Å². The molecule has 62 valence electrons. The van der Waals surface area contributed by atoms with Gasteiger partial charge in [-0.05, 0) is 24.8 Å². The average molecular weight is 151 g/mol. The number of hydrogen-bond donors (Lipinski definition) is 0. The predicted octanol–water partition coefficient (Wildman–Crippen LogP) is 1.76. The third-order valence-corrected chi connectivity index (χ3v) is 3.61. The number of hydrogen-bond acceptors (Lipinski definition) is 1. The van der Waals surface area contributed by atoms with Crippen molar-refractivity contribution < 1.29 is 0 Å². The van der Waals surface area contributed by atoms with Gasteiger partial charge in [0.05, 0.1) is 0 Å². The molecule has 2 heterocycles. The van der Waals surface area contributed by atoms with E-state index in [0.29, 0.717) is 0 Å². The zero-order chi connectivity index (χ0) is 8.01. The molecule has 0 aromatic carbocycles. The van der Waals surface area contributed by atoms with Gasteiger partial charge in [-0.2, -0.15) is 0 Å². The van der Waals surface area contributed by atoms with Crippen LogP contribution in [0.25, 0.3) is 0 Å².